The molecule has 3 rings (SSSR count). The number of halogens is 1. The minimum Gasteiger partial charge on any atom is -0.310 e. The average Bonchev–Trinajstić information content (AvgIpc) is 2.92. The molecule has 2 aliphatic rings. The highest BCUT2D eigenvalue weighted by Gasteiger charge is 2.21. The molecule has 0 radical (unpaired) electrons. The molecule has 1 atom stereocenters. The summed E-state index contributed by atoms with van der Waals surface area (Å²) in [5.74, 6) is 2.19. The van der Waals surface area contributed by atoms with E-state index in [1.165, 1.54) is 54.7 Å². The van der Waals surface area contributed by atoms with Gasteiger partial charge in [-0.25, -0.2) is 0 Å². The van der Waals surface area contributed by atoms with Gasteiger partial charge in [-0.2, -0.15) is 0 Å². The number of nitrogens with one attached hydrogen (secondary N) is 1. The Kier molecular flexibility index (Phi) is 4.73. The quantitative estimate of drug-likeness (QED) is 0.834. The lowest BCUT2D eigenvalue weighted by Gasteiger charge is -2.26. The smallest absolute Gasteiger partial charge is 0.0410 e. The van der Waals surface area contributed by atoms with Crippen molar-refractivity contribution in [2.75, 3.05) is 12.3 Å². The van der Waals surface area contributed by atoms with Gasteiger partial charge in [-0.05, 0) is 54.8 Å². The third-order valence-electron chi connectivity index (χ3n) is 4.43. The maximum atomic E-state index is 6.14. The van der Waals surface area contributed by atoms with Crippen molar-refractivity contribution in [2.45, 2.75) is 49.5 Å². The van der Waals surface area contributed by atoms with Crippen LogP contribution in [0.4, 0.5) is 0 Å². The van der Waals surface area contributed by atoms with Crippen molar-refractivity contribution >= 4 is 23.4 Å². The van der Waals surface area contributed by atoms with Gasteiger partial charge in [0.15, 0.2) is 0 Å². The minimum atomic E-state index is 0.511. The molecule has 1 aromatic rings. The lowest BCUT2D eigenvalue weighted by atomic mass is 10.0. The molecule has 0 aromatic heterocycles. The van der Waals surface area contributed by atoms with E-state index in [9.17, 15) is 0 Å². The molecule has 1 aliphatic carbocycles. The van der Waals surface area contributed by atoms with Gasteiger partial charge in [0.25, 0.3) is 0 Å². The van der Waals surface area contributed by atoms with Crippen molar-refractivity contribution in [2.24, 2.45) is 5.92 Å². The summed E-state index contributed by atoms with van der Waals surface area (Å²) in [4.78, 5) is 1.41. The highest BCUT2D eigenvalue weighted by molar-refractivity contribution is 7.99. The van der Waals surface area contributed by atoms with Crippen LogP contribution in [0.5, 0.6) is 0 Å². The molecule has 19 heavy (non-hydrogen) atoms. The highest BCUT2D eigenvalue weighted by atomic mass is 35.5. The van der Waals surface area contributed by atoms with E-state index in [0.717, 1.165) is 17.5 Å². The monoisotopic (exact) mass is 295 g/mol. The number of hydrogen-bond donors (Lipinski definition) is 1. The first kappa shape index (κ1) is 13.8. The molecular weight excluding hydrogens is 274 g/mol. The van der Waals surface area contributed by atoms with Crippen LogP contribution in [0.1, 0.15) is 50.1 Å². The Hall–Kier alpha value is -0.180. The molecule has 1 N–H and O–H groups in total. The summed E-state index contributed by atoms with van der Waals surface area (Å²) in [7, 11) is 0. The Morgan fingerprint density at radius 1 is 1.21 bits per heavy atom. The van der Waals surface area contributed by atoms with Crippen LogP contribution < -0.4 is 5.32 Å². The van der Waals surface area contributed by atoms with Gasteiger partial charge in [-0.15, -0.1) is 11.8 Å². The number of thioether (sulfide) groups is 1. The van der Waals surface area contributed by atoms with Crippen LogP contribution in [-0.2, 0) is 0 Å². The van der Waals surface area contributed by atoms with Gasteiger partial charge in [0.1, 0.15) is 0 Å². The normalized spacial score (nSPS) is 23.5. The summed E-state index contributed by atoms with van der Waals surface area (Å²) in [5, 5.41) is 4.62. The molecule has 1 unspecified atom stereocenters. The van der Waals surface area contributed by atoms with E-state index in [2.05, 4.69) is 17.4 Å². The molecule has 1 saturated carbocycles. The molecule has 104 valence electrons. The van der Waals surface area contributed by atoms with Crippen LogP contribution in [-0.4, -0.2) is 12.3 Å². The standard InChI is InChI=1S/C16H22ClNS/c17-13-5-6-16-14(11-13)15(8-10-19-16)18-9-7-12-3-1-2-4-12/h5-6,11-12,15,18H,1-4,7-10H2. The zero-order valence-electron chi connectivity index (χ0n) is 11.3. The molecule has 1 nitrogen and oxygen atoms in total. The van der Waals surface area contributed by atoms with Crippen LogP contribution in [0, 0.1) is 5.92 Å². The average molecular weight is 296 g/mol. The van der Waals surface area contributed by atoms with E-state index in [0.29, 0.717) is 6.04 Å². The lowest BCUT2D eigenvalue weighted by molar-refractivity contribution is 0.435. The SMILES string of the molecule is Clc1ccc2c(c1)C(NCCC1CCCC1)CCS2. The molecule has 1 aromatic carbocycles. The first-order valence-corrected chi connectivity index (χ1v) is 8.85. The molecule has 1 heterocycles. The summed E-state index contributed by atoms with van der Waals surface area (Å²) in [6, 6.07) is 6.84. The van der Waals surface area contributed by atoms with Crippen LogP contribution in [0.2, 0.25) is 5.02 Å². The maximum absolute atomic E-state index is 6.14. The van der Waals surface area contributed by atoms with Gasteiger partial charge in [0.2, 0.25) is 0 Å². The highest BCUT2D eigenvalue weighted by Crippen LogP contribution is 2.37. The molecule has 0 bridgehead atoms. The Balaban J connectivity index is 1.58. The van der Waals surface area contributed by atoms with Gasteiger partial charge >= 0.3 is 0 Å². The first-order chi connectivity index (χ1) is 9.33. The van der Waals surface area contributed by atoms with Crippen molar-refractivity contribution < 1.29 is 0 Å². The fourth-order valence-corrected chi connectivity index (χ4v) is 4.62. The van der Waals surface area contributed by atoms with Crippen LogP contribution in [0.3, 0.4) is 0 Å². The van der Waals surface area contributed by atoms with Crippen LogP contribution in [0.25, 0.3) is 0 Å². The number of benzene rings is 1. The van der Waals surface area contributed by atoms with Crippen molar-refractivity contribution in [3.05, 3.63) is 28.8 Å². The van der Waals surface area contributed by atoms with Gasteiger partial charge in [0.05, 0.1) is 0 Å². The van der Waals surface area contributed by atoms with E-state index in [4.69, 9.17) is 11.6 Å². The Labute approximate surface area is 125 Å². The van der Waals surface area contributed by atoms with E-state index < -0.39 is 0 Å². The second kappa shape index (κ2) is 6.51. The second-order valence-corrected chi connectivity index (χ2v) is 7.34. The predicted octanol–water partition coefficient (Wildman–Crippen LogP) is 5.05. The predicted molar refractivity (Wildman–Crippen MR) is 84.1 cm³/mol. The molecule has 3 heteroatoms. The van der Waals surface area contributed by atoms with Crippen LogP contribution >= 0.6 is 23.4 Å². The first-order valence-electron chi connectivity index (χ1n) is 7.48. The van der Waals surface area contributed by atoms with Gasteiger partial charge in [-0.3, -0.25) is 0 Å². The zero-order valence-corrected chi connectivity index (χ0v) is 12.9. The summed E-state index contributed by atoms with van der Waals surface area (Å²) < 4.78 is 0. The summed E-state index contributed by atoms with van der Waals surface area (Å²) in [6.45, 7) is 1.16. The van der Waals surface area contributed by atoms with E-state index in [1.54, 1.807) is 0 Å². The van der Waals surface area contributed by atoms with Gasteiger partial charge in [0, 0.05) is 16.0 Å². The molecule has 0 spiro atoms. The Morgan fingerprint density at radius 3 is 2.89 bits per heavy atom. The second-order valence-electron chi connectivity index (χ2n) is 5.77. The number of hydrogen-bond acceptors (Lipinski definition) is 2. The summed E-state index contributed by atoms with van der Waals surface area (Å²) in [6.07, 6.45) is 8.36. The maximum Gasteiger partial charge on any atom is 0.0410 e. The summed E-state index contributed by atoms with van der Waals surface area (Å²) in [5.41, 5.74) is 1.41. The molecule has 1 fully saturated rings. The van der Waals surface area contributed by atoms with E-state index >= 15 is 0 Å². The van der Waals surface area contributed by atoms with Crippen molar-refractivity contribution in [1.82, 2.24) is 5.32 Å². The lowest BCUT2D eigenvalue weighted by Crippen LogP contribution is -2.26. The van der Waals surface area contributed by atoms with Crippen molar-refractivity contribution in [3.8, 4) is 0 Å². The zero-order chi connectivity index (χ0) is 13.1. The third kappa shape index (κ3) is 3.48. The largest absolute Gasteiger partial charge is 0.310 e. The molecular formula is C16H22ClNS. The fourth-order valence-electron chi connectivity index (χ4n) is 3.34. The number of rotatable bonds is 4. The van der Waals surface area contributed by atoms with Gasteiger partial charge in [-0.1, -0.05) is 37.3 Å². The topological polar surface area (TPSA) is 12.0 Å². The molecule has 0 amide bonds. The van der Waals surface area contributed by atoms with E-state index in [1.807, 2.05) is 17.8 Å². The number of fused-ring (bicyclic) bond motifs is 1. The van der Waals surface area contributed by atoms with Crippen molar-refractivity contribution in [3.63, 3.8) is 0 Å². The third-order valence-corrected chi connectivity index (χ3v) is 5.79. The molecule has 0 saturated heterocycles. The fraction of sp³-hybridized carbons (Fsp3) is 0.625. The Bertz CT molecular complexity index is 429. The minimum absolute atomic E-state index is 0.511. The van der Waals surface area contributed by atoms with E-state index in [-0.39, 0.29) is 0 Å². The van der Waals surface area contributed by atoms with Crippen LogP contribution in [0.15, 0.2) is 23.1 Å². The van der Waals surface area contributed by atoms with Gasteiger partial charge < -0.3 is 5.32 Å². The summed E-state index contributed by atoms with van der Waals surface area (Å²) >= 11 is 8.10. The Morgan fingerprint density at radius 2 is 2.05 bits per heavy atom. The van der Waals surface area contributed by atoms with Crippen molar-refractivity contribution in [1.29, 1.82) is 0 Å². The molecule has 1 aliphatic heterocycles.